The molecule has 0 aliphatic carbocycles. The van der Waals surface area contributed by atoms with Crippen LogP contribution in [0.3, 0.4) is 0 Å². The normalized spacial score (nSPS) is 11.3. The maximum atomic E-state index is 14.1. The number of halogens is 1. The zero-order valence-corrected chi connectivity index (χ0v) is 20.1. The Hall–Kier alpha value is -3.74. The molecule has 0 spiro atoms. The molecule has 35 heavy (non-hydrogen) atoms. The van der Waals surface area contributed by atoms with Crippen molar-refractivity contribution in [1.29, 1.82) is 0 Å². The summed E-state index contributed by atoms with van der Waals surface area (Å²) in [5, 5.41) is 6.57. The number of carbonyl (C=O) groups excluding carboxylic acids is 1. The van der Waals surface area contributed by atoms with Gasteiger partial charge in [-0.1, -0.05) is 78.5 Å². The highest BCUT2D eigenvalue weighted by Crippen LogP contribution is 2.35. The Balaban J connectivity index is 1.22. The first-order valence-electron chi connectivity index (χ1n) is 11.1. The molecule has 0 radical (unpaired) electrons. The number of thiazole rings is 1. The minimum Gasteiger partial charge on any atom is -0.322 e. The van der Waals surface area contributed by atoms with Crippen LogP contribution in [-0.4, -0.2) is 10.9 Å². The molecule has 0 fully saturated rings. The van der Waals surface area contributed by atoms with E-state index in [9.17, 15) is 9.18 Å². The molecule has 6 rings (SSSR count). The number of hydrogen-bond donors (Lipinski definition) is 1. The smallest absolute Gasteiger partial charge is 0.256 e. The zero-order valence-electron chi connectivity index (χ0n) is 18.5. The van der Waals surface area contributed by atoms with E-state index in [1.807, 2.05) is 91.0 Å². The number of nitrogens with one attached hydrogen (secondary N) is 1. The van der Waals surface area contributed by atoms with Gasteiger partial charge in [-0.15, -0.1) is 11.3 Å². The summed E-state index contributed by atoms with van der Waals surface area (Å²) in [7, 11) is 0. The number of hydrogen-bond acceptors (Lipinski definition) is 4. The van der Waals surface area contributed by atoms with Crippen LogP contribution in [0.5, 0.6) is 0 Å². The lowest BCUT2D eigenvalue weighted by atomic mass is 10.0. The third kappa shape index (κ3) is 4.27. The Morgan fingerprint density at radius 2 is 1.63 bits per heavy atom. The summed E-state index contributed by atoms with van der Waals surface area (Å²) < 4.78 is 16.1. The minimum atomic E-state index is -0.201. The van der Waals surface area contributed by atoms with Crippen LogP contribution in [0, 0.1) is 5.82 Å². The van der Waals surface area contributed by atoms with Crippen LogP contribution in [0.25, 0.3) is 31.8 Å². The van der Waals surface area contributed by atoms with Gasteiger partial charge in [0, 0.05) is 22.4 Å². The monoisotopic (exact) mass is 494 g/mol. The standard InChI is InChI=1S/C29H19FN2OS2/c30-25-14-12-19(22-9-3-4-10-23(22)25)17-34-29-32-26-15-13-20(16-27(26)35-29)31-28(33)24-11-5-7-18-6-1-2-8-21(18)24/h1-16H,17H2,(H,31,33). The van der Waals surface area contributed by atoms with Crippen LogP contribution < -0.4 is 5.32 Å². The van der Waals surface area contributed by atoms with E-state index in [1.165, 1.54) is 6.07 Å². The van der Waals surface area contributed by atoms with E-state index >= 15 is 0 Å². The highest BCUT2D eigenvalue weighted by atomic mass is 32.2. The highest BCUT2D eigenvalue weighted by molar-refractivity contribution is 8.00. The third-order valence-corrected chi connectivity index (χ3v) is 8.18. The summed E-state index contributed by atoms with van der Waals surface area (Å²) in [5.74, 6) is 0.363. The first-order valence-corrected chi connectivity index (χ1v) is 12.9. The van der Waals surface area contributed by atoms with E-state index in [0.717, 1.165) is 42.0 Å². The maximum Gasteiger partial charge on any atom is 0.256 e. The summed E-state index contributed by atoms with van der Waals surface area (Å²) >= 11 is 3.23. The van der Waals surface area contributed by atoms with E-state index in [4.69, 9.17) is 4.98 Å². The molecule has 170 valence electrons. The van der Waals surface area contributed by atoms with Gasteiger partial charge in [-0.3, -0.25) is 4.79 Å². The molecule has 0 saturated carbocycles. The predicted octanol–water partition coefficient (Wildman–Crippen LogP) is 8.29. The van der Waals surface area contributed by atoms with Crippen molar-refractivity contribution in [2.75, 3.05) is 5.32 Å². The van der Waals surface area contributed by atoms with E-state index in [0.29, 0.717) is 16.7 Å². The van der Waals surface area contributed by atoms with Crippen molar-refractivity contribution in [2.24, 2.45) is 0 Å². The largest absolute Gasteiger partial charge is 0.322 e. The first kappa shape index (κ1) is 21.8. The SMILES string of the molecule is O=C(Nc1ccc2nc(SCc3ccc(F)c4ccccc34)sc2c1)c1cccc2ccccc12. The van der Waals surface area contributed by atoms with Gasteiger partial charge in [0.2, 0.25) is 0 Å². The molecule has 5 aromatic carbocycles. The van der Waals surface area contributed by atoms with Crippen molar-refractivity contribution in [3.8, 4) is 0 Å². The van der Waals surface area contributed by atoms with Gasteiger partial charge in [0.15, 0.2) is 4.34 Å². The molecule has 1 heterocycles. The molecule has 1 amide bonds. The second-order valence-electron chi connectivity index (χ2n) is 8.18. The van der Waals surface area contributed by atoms with Gasteiger partial charge in [-0.05, 0) is 52.1 Å². The number of rotatable bonds is 5. The molecular weight excluding hydrogens is 475 g/mol. The van der Waals surface area contributed by atoms with E-state index in [-0.39, 0.29) is 11.7 Å². The molecule has 1 N–H and O–H groups in total. The van der Waals surface area contributed by atoms with E-state index < -0.39 is 0 Å². The van der Waals surface area contributed by atoms with Crippen LogP contribution in [-0.2, 0) is 5.75 Å². The molecule has 0 bridgehead atoms. The summed E-state index contributed by atoms with van der Waals surface area (Å²) in [6, 6.07) is 30.3. The lowest BCUT2D eigenvalue weighted by molar-refractivity contribution is 0.102. The number of aromatic nitrogens is 1. The molecule has 0 unspecified atom stereocenters. The van der Waals surface area contributed by atoms with Crippen molar-refractivity contribution >= 4 is 66.5 Å². The Bertz CT molecular complexity index is 1720. The molecule has 3 nitrogen and oxygen atoms in total. The summed E-state index contributed by atoms with van der Waals surface area (Å²) in [6.07, 6.45) is 0. The lowest BCUT2D eigenvalue weighted by Gasteiger charge is -2.08. The topological polar surface area (TPSA) is 42.0 Å². The van der Waals surface area contributed by atoms with Gasteiger partial charge >= 0.3 is 0 Å². The predicted molar refractivity (Wildman–Crippen MR) is 145 cm³/mol. The fourth-order valence-electron chi connectivity index (χ4n) is 4.25. The van der Waals surface area contributed by atoms with E-state index in [1.54, 1.807) is 23.1 Å². The lowest BCUT2D eigenvalue weighted by Crippen LogP contribution is -2.12. The van der Waals surface area contributed by atoms with Gasteiger partial charge in [0.05, 0.1) is 10.2 Å². The minimum absolute atomic E-state index is 0.136. The van der Waals surface area contributed by atoms with Gasteiger partial charge in [0.1, 0.15) is 5.82 Å². The molecule has 0 saturated heterocycles. The average Bonchev–Trinajstić information content (AvgIpc) is 3.30. The number of fused-ring (bicyclic) bond motifs is 3. The van der Waals surface area contributed by atoms with Crippen LogP contribution in [0.15, 0.2) is 101 Å². The number of benzene rings is 5. The van der Waals surface area contributed by atoms with Crippen LogP contribution in [0.4, 0.5) is 10.1 Å². The van der Waals surface area contributed by atoms with Crippen LogP contribution in [0.1, 0.15) is 15.9 Å². The van der Waals surface area contributed by atoms with Gasteiger partial charge < -0.3 is 5.32 Å². The molecular formula is C29H19FN2OS2. The maximum absolute atomic E-state index is 14.1. The highest BCUT2D eigenvalue weighted by Gasteiger charge is 2.12. The Kier molecular flexibility index (Phi) is 5.68. The van der Waals surface area contributed by atoms with Crippen molar-refractivity contribution < 1.29 is 9.18 Å². The Morgan fingerprint density at radius 1 is 0.857 bits per heavy atom. The second kappa shape index (κ2) is 9.13. The van der Waals surface area contributed by atoms with Crippen molar-refractivity contribution in [3.63, 3.8) is 0 Å². The van der Waals surface area contributed by atoms with Gasteiger partial charge in [-0.2, -0.15) is 0 Å². The van der Waals surface area contributed by atoms with Crippen molar-refractivity contribution in [3.05, 3.63) is 114 Å². The van der Waals surface area contributed by atoms with Gasteiger partial charge in [-0.25, -0.2) is 9.37 Å². The summed E-state index contributed by atoms with van der Waals surface area (Å²) in [4.78, 5) is 17.7. The molecule has 0 aliphatic heterocycles. The van der Waals surface area contributed by atoms with Gasteiger partial charge in [0.25, 0.3) is 5.91 Å². The molecule has 0 aliphatic rings. The second-order valence-corrected chi connectivity index (χ2v) is 10.4. The number of thioether (sulfide) groups is 1. The molecule has 0 atom stereocenters. The van der Waals surface area contributed by atoms with Crippen LogP contribution >= 0.6 is 23.1 Å². The number of carbonyl (C=O) groups is 1. The first-order chi connectivity index (χ1) is 17.2. The molecule has 6 heteroatoms. The average molecular weight is 495 g/mol. The zero-order chi connectivity index (χ0) is 23.8. The van der Waals surface area contributed by atoms with Crippen molar-refractivity contribution in [1.82, 2.24) is 4.98 Å². The quantitative estimate of drug-likeness (QED) is 0.245. The number of nitrogens with zero attached hydrogens (tertiary/aromatic N) is 1. The van der Waals surface area contributed by atoms with Crippen molar-refractivity contribution in [2.45, 2.75) is 10.1 Å². The third-order valence-electron chi connectivity index (χ3n) is 5.97. The fourth-order valence-corrected chi connectivity index (χ4v) is 6.37. The Labute approximate surface area is 209 Å². The number of amides is 1. The Morgan fingerprint density at radius 3 is 2.51 bits per heavy atom. The fraction of sp³-hybridized carbons (Fsp3) is 0.0345. The molecule has 1 aromatic heterocycles. The summed E-state index contributed by atoms with van der Waals surface area (Å²) in [6.45, 7) is 0. The molecule has 6 aromatic rings. The van der Waals surface area contributed by atoms with E-state index in [2.05, 4.69) is 5.32 Å². The summed E-state index contributed by atoms with van der Waals surface area (Å²) in [5.41, 5.74) is 3.36. The number of anilines is 1. The van der Waals surface area contributed by atoms with Crippen LogP contribution in [0.2, 0.25) is 0 Å².